The quantitative estimate of drug-likeness (QED) is 0.804. The van der Waals surface area contributed by atoms with Gasteiger partial charge in [-0.1, -0.05) is 6.07 Å². The number of rotatable bonds is 5. The zero-order chi connectivity index (χ0) is 18.9. The molecule has 2 aliphatic heterocycles. The number of fused-ring (bicyclic) bond motifs is 1. The highest BCUT2D eigenvalue weighted by atomic mass is 19.1. The summed E-state index contributed by atoms with van der Waals surface area (Å²) in [6.45, 7) is 7.07. The van der Waals surface area contributed by atoms with Crippen LogP contribution in [0.15, 0.2) is 24.3 Å². The molecular formula is C21H32FN3O. The van der Waals surface area contributed by atoms with Crippen LogP contribution in [0.25, 0.3) is 0 Å². The number of hydrogen-bond acceptors (Lipinski definition) is 3. The highest BCUT2D eigenvalue weighted by Crippen LogP contribution is 2.44. The smallest absolute Gasteiger partial charge is 0.222 e. The first-order valence-electron chi connectivity index (χ1n) is 9.75. The van der Waals surface area contributed by atoms with Crippen molar-refractivity contribution in [3.8, 4) is 0 Å². The first-order chi connectivity index (χ1) is 12.3. The van der Waals surface area contributed by atoms with Crippen molar-refractivity contribution < 1.29 is 9.18 Å². The number of piperidine rings is 1. The summed E-state index contributed by atoms with van der Waals surface area (Å²) < 4.78 is 13.8. The van der Waals surface area contributed by atoms with Crippen molar-refractivity contribution >= 4 is 11.6 Å². The maximum atomic E-state index is 13.8. The molecule has 144 valence electrons. The summed E-state index contributed by atoms with van der Waals surface area (Å²) in [4.78, 5) is 19.1. The fraction of sp³-hybridized carbons (Fsp3) is 0.667. The maximum absolute atomic E-state index is 13.8. The van der Waals surface area contributed by atoms with Gasteiger partial charge in [0.2, 0.25) is 5.91 Å². The lowest BCUT2D eigenvalue weighted by molar-refractivity contribution is -0.133. The van der Waals surface area contributed by atoms with Gasteiger partial charge in [0.1, 0.15) is 5.82 Å². The molecule has 0 unspecified atom stereocenters. The molecule has 26 heavy (non-hydrogen) atoms. The van der Waals surface area contributed by atoms with Gasteiger partial charge in [-0.2, -0.15) is 0 Å². The number of carbonyl (C=O) groups excluding carboxylic acids is 1. The Morgan fingerprint density at radius 1 is 1.35 bits per heavy atom. The topological polar surface area (TPSA) is 26.8 Å². The van der Waals surface area contributed by atoms with Crippen molar-refractivity contribution in [2.24, 2.45) is 5.92 Å². The van der Waals surface area contributed by atoms with Gasteiger partial charge in [0.15, 0.2) is 0 Å². The monoisotopic (exact) mass is 361 g/mol. The second-order valence-electron chi connectivity index (χ2n) is 8.73. The van der Waals surface area contributed by atoms with Crippen molar-refractivity contribution in [1.82, 2.24) is 9.80 Å². The minimum absolute atomic E-state index is 0.0207. The Morgan fingerprint density at radius 2 is 2.12 bits per heavy atom. The molecule has 0 aromatic heterocycles. The largest absolute Gasteiger partial charge is 0.363 e. The molecule has 2 aliphatic rings. The van der Waals surface area contributed by atoms with Crippen LogP contribution < -0.4 is 4.90 Å². The van der Waals surface area contributed by atoms with Crippen LogP contribution in [0.3, 0.4) is 0 Å². The molecule has 0 spiro atoms. The molecule has 0 saturated carbocycles. The van der Waals surface area contributed by atoms with E-state index in [2.05, 4.69) is 28.5 Å². The molecule has 5 heteroatoms. The van der Waals surface area contributed by atoms with Crippen LogP contribution in [0.5, 0.6) is 0 Å². The molecule has 0 radical (unpaired) electrons. The number of anilines is 1. The zero-order valence-electron chi connectivity index (χ0n) is 16.5. The zero-order valence-corrected chi connectivity index (χ0v) is 16.5. The summed E-state index contributed by atoms with van der Waals surface area (Å²) in [7, 11) is 4.08. The van der Waals surface area contributed by atoms with E-state index in [0.717, 1.165) is 44.6 Å². The third kappa shape index (κ3) is 4.03. The Morgan fingerprint density at radius 3 is 2.81 bits per heavy atom. The van der Waals surface area contributed by atoms with Gasteiger partial charge in [-0.15, -0.1) is 0 Å². The molecule has 4 nitrogen and oxygen atoms in total. The summed E-state index contributed by atoms with van der Waals surface area (Å²) in [6, 6.07) is 7.32. The second-order valence-corrected chi connectivity index (χ2v) is 8.73. The second kappa shape index (κ2) is 7.55. The van der Waals surface area contributed by atoms with Gasteiger partial charge in [-0.25, -0.2) is 4.39 Å². The summed E-state index contributed by atoms with van der Waals surface area (Å²) >= 11 is 0. The third-order valence-corrected chi connectivity index (χ3v) is 5.87. The summed E-state index contributed by atoms with van der Waals surface area (Å²) in [5.74, 6) is 0.558. The molecule has 2 fully saturated rings. The summed E-state index contributed by atoms with van der Waals surface area (Å²) in [5, 5.41) is 0. The van der Waals surface area contributed by atoms with E-state index in [9.17, 15) is 9.18 Å². The average molecular weight is 362 g/mol. The Balaban J connectivity index is 1.67. The van der Waals surface area contributed by atoms with Gasteiger partial charge >= 0.3 is 0 Å². The summed E-state index contributed by atoms with van der Waals surface area (Å²) in [5.41, 5.74) is 0.945. The number of hydrogen-bond donors (Lipinski definition) is 0. The van der Waals surface area contributed by atoms with Gasteiger partial charge in [0, 0.05) is 36.8 Å². The van der Waals surface area contributed by atoms with Crippen LogP contribution in [-0.2, 0) is 4.79 Å². The van der Waals surface area contributed by atoms with Gasteiger partial charge in [-0.05, 0) is 77.9 Å². The average Bonchev–Trinajstić information content (AvgIpc) is 2.83. The van der Waals surface area contributed by atoms with E-state index in [1.807, 2.05) is 20.2 Å². The predicted molar refractivity (Wildman–Crippen MR) is 104 cm³/mol. The van der Waals surface area contributed by atoms with Crippen LogP contribution in [-0.4, -0.2) is 61.0 Å². The van der Waals surface area contributed by atoms with Crippen LogP contribution in [0.4, 0.5) is 10.1 Å². The van der Waals surface area contributed by atoms with Gasteiger partial charge in [0.05, 0.1) is 0 Å². The Hall–Kier alpha value is -1.62. The Kier molecular flexibility index (Phi) is 5.56. The number of likely N-dealkylation sites (tertiary alicyclic amines) is 1. The molecular weight excluding hydrogens is 329 g/mol. The Bertz CT molecular complexity index is 646. The van der Waals surface area contributed by atoms with Crippen molar-refractivity contribution in [2.45, 2.75) is 51.1 Å². The molecule has 2 heterocycles. The summed E-state index contributed by atoms with van der Waals surface area (Å²) in [6.07, 6.45) is 3.55. The van der Waals surface area contributed by atoms with Crippen molar-refractivity contribution in [1.29, 1.82) is 0 Å². The maximum Gasteiger partial charge on any atom is 0.222 e. The van der Waals surface area contributed by atoms with Crippen LogP contribution in [0.2, 0.25) is 0 Å². The third-order valence-electron chi connectivity index (χ3n) is 5.87. The van der Waals surface area contributed by atoms with E-state index in [-0.39, 0.29) is 17.3 Å². The van der Waals surface area contributed by atoms with Crippen molar-refractivity contribution in [2.75, 3.05) is 38.6 Å². The van der Waals surface area contributed by atoms with Gasteiger partial charge < -0.3 is 14.7 Å². The van der Waals surface area contributed by atoms with E-state index in [4.69, 9.17) is 0 Å². The Labute approximate surface area is 157 Å². The SMILES string of the molecule is CN(C)CCCC(=O)N1CC[C@H]2[C@@H](C1)CC(C)(C)N2c1cccc(F)c1. The molecule has 2 saturated heterocycles. The van der Waals surface area contributed by atoms with E-state index < -0.39 is 0 Å². The molecule has 0 aliphatic carbocycles. The van der Waals surface area contributed by atoms with E-state index in [1.54, 1.807) is 12.1 Å². The lowest BCUT2D eigenvalue weighted by Crippen LogP contribution is -2.50. The highest BCUT2D eigenvalue weighted by molar-refractivity contribution is 5.76. The molecule has 1 aromatic rings. The molecule has 1 amide bonds. The molecule has 1 aromatic carbocycles. The number of carbonyl (C=O) groups is 1. The normalized spacial score (nSPS) is 24.8. The van der Waals surface area contributed by atoms with Crippen LogP contribution >= 0.6 is 0 Å². The standard InChI is InChI=1S/C21H32FN3O/c1-21(2)14-16-15-24(20(26)9-6-11-23(3)4)12-10-19(16)25(21)18-8-5-7-17(22)13-18/h5,7-8,13,16,19H,6,9-12,14-15H2,1-4H3/t16-,19+/m1/s1. The number of amides is 1. The van der Waals surface area contributed by atoms with E-state index in [1.165, 1.54) is 6.07 Å². The fourth-order valence-corrected chi connectivity index (χ4v) is 4.85. The number of benzene rings is 1. The van der Waals surface area contributed by atoms with E-state index >= 15 is 0 Å². The number of halogens is 1. The predicted octanol–water partition coefficient (Wildman–Crippen LogP) is 3.37. The van der Waals surface area contributed by atoms with Crippen LogP contribution in [0.1, 0.15) is 39.5 Å². The molecule has 3 rings (SSSR count). The minimum atomic E-state index is -0.185. The molecule has 2 atom stereocenters. The highest BCUT2D eigenvalue weighted by Gasteiger charge is 2.48. The fourth-order valence-electron chi connectivity index (χ4n) is 4.85. The lowest BCUT2D eigenvalue weighted by atomic mass is 9.89. The number of nitrogens with zero attached hydrogens (tertiary/aromatic N) is 3. The van der Waals surface area contributed by atoms with Crippen molar-refractivity contribution in [3.63, 3.8) is 0 Å². The van der Waals surface area contributed by atoms with Crippen molar-refractivity contribution in [3.05, 3.63) is 30.1 Å². The lowest BCUT2D eigenvalue weighted by Gasteiger charge is -2.42. The van der Waals surface area contributed by atoms with Crippen LogP contribution in [0, 0.1) is 11.7 Å². The first kappa shape index (κ1) is 19.2. The van der Waals surface area contributed by atoms with Gasteiger partial charge in [-0.3, -0.25) is 4.79 Å². The van der Waals surface area contributed by atoms with E-state index in [0.29, 0.717) is 18.4 Å². The molecule has 0 N–H and O–H groups in total. The minimum Gasteiger partial charge on any atom is -0.363 e. The van der Waals surface area contributed by atoms with Gasteiger partial charge in [0.25, 0.3) is 0 Å². The molecule has 0 bridgehead atoms. The first-order valence-corrected chi connectivity index (χ1v) is 9.75.